The number of rotatable bonds is 8. The molecule has 0 aliphatic carbocycles. The minimum Gasteiger partial charge on any atom is -0.495 e. The summed E-state index contributed by atoms with van der Waals surface area (Å²) in [4.78, 5) is 30.5. The van der Waals surface area contributed by atoms with Gasteiger partial charge in [-0.1, -0.05) is 35.5 Å². The number of thioether (sulfide) groups is 1. The molecule has 33 heavy (non-hydrogen) atoms. The summed E-state index contributed by atoms with van der Waals surface area (Å²) in [7, 11) is 3.00. The molecule has 0 saturated carbocycles. The molecule has 0 bridgehead atoms. The van der Waals surface area contributed by atoms with Crippen molar-refractivity contribution in [3.05, 3.63) is 51.8 Å². The van der Waals surface area contributed by atoms with Crippen LogP contribution in [0.15, 0.2) is 46.3 Å². The van der Waals surface area contributed by atoms with Gasteiger partial charge in [0.25, 0.3) is 5.56 Å². The highest BCUT2D eigenvalue weighted by atomic mass is 35.5. The Morgan fingerprint density at radius 3 is 2.79 bits per heavy atom. The van der Waals surface area contributed by atoms with E-state index in [9.17, 15) is 9.59 Å². The van der Waals surface area contributed by atoms with Gasteiger partial charge in [0.1, 0.15) is 11.5 Å². The summed E-state index contributed by atoms with van der Waals surface area (Å²) in [6, 6.07) is 10.4. The molecular weight excluding hydrogens is 466 g/mol. The summed E-state index contributed by atoms with van der Waals surface area (Å²) in [6.07, 6.45) is 1.82. The molecule has 1 aromatic heterocycles. The lowest BCUT2D eigenvalue weighted by Crippen LogP contribution is -2.29. The molecule has 1 aliphatic rings. The summed E-state index contributed by atoms with van der Waals surface area (Å²) >= 11 is 7.39. The van der Waals surface area contributed by atoms with Gasteiger partial charge >= 0.3 is 0 Å². The topological polar surface area (TPSA) is 91.7 Å². The van der Waals surface area contributed by atoms with E-state index in [0.29, 0.717) is 51.4 Å². The number of amides is 1. The van der Waals surface area contributed by atoms with Crippen LogP contribution < -0.4 is 20.3 Å². The van der Waals surface area contributed by atoms with Crippen molar-refractivity contribution in [2.45, 2.75) is 30.6 Å². The monoisotopic (exact) mass is 489 g/mol. The number of carbonyl (C=O) groups is 1. The lowest BCUT2D eigenvalue weighted by molar-refractivity contribution is -0.113. The van der Waals surface area contributed by atoms with Crippen LogP contribution in [0.2, 0.25) is 5.02 Å². The summed E-state index contributed by atoms with van der Waals surface area (Å²) in [5.41, 5.74) is 0.886. The summed E-state index contributed by atoms with van der Waals surface area (Å²) in [5.74, 6) is 0.627. The molecule has 1 amide bonds. The van der Waals surface area contributed by atoms with Gasteiger partial charge in [-0.3, -0.25) is 14.2 Å². The van der Waals surface area contributed by atoms with Crippen molar-refractivity contribution in [2.75, 3.05) is 31.9 Å². The van der Waals surface area contributed by atoms with E-state index >= 15 is 0 Å². The zero-order valence-electron chi connectivity index (χ0n) is 18.3. The third-order valence-corrected chi connectivity index (χ3v) is 6.59. The van der Waals surface area contributed by atoms with Gasteiger partial charge in [0.15, 0.2) is 5.16 Å². The van der Waals surface area contributed by atoms with Gasteiger partial charge in [0.2, 0.25) is 5.91 Å². The van der Waals surface area contributed by atoms with Crippen molar-refractivity contribution < 1.29 is 19.0 Å². The van der Waals surface area contributed by atoms with Crippen LogP contribution in [0.25, 0.3) is 10.9 Å². The van der Waals surface area contributed by atoms with E-state index in [4.69, 9.17) is 25.8 Å². The number of para-hydroxylation sites is 1. The van der Waals surface area contributed by atoms with Crippen LogP contribution in [0.1, 0.15) is 12.8 Å². The molecule has 3 aromatic rings. The Hall–Kier alpha value is -2.75. The maximum atomic E-state index is 13.2. The number of nitrogens with one attached hydrogen (secondary N) is 1. The predicted molar refractivity (Wildman–Crippen MR) is 129 cm³/mol. The fourth-order valence-electron chi connectivity index (χ4n) is 3.68. The van der Waals surface area contributed by atoms with Crippen LogP contribution in [-0.2, 0) is 16.1 Å². The number of ether oxygens (including phenoxy) is 3. The molecule has 4 rings (SSSR count). The molecule has 10 heteroatoms. The Balaban J connectivity index is 1.55. The normalized spacial score (nSPS) is 15.5. The Bertz CT molecular complexity index is 1230. The summed E-state index contributed by atoms with van der Waals surface area (Å²) < 4.78 is 17.9. The summed E-state index contributed by atoms with van der Waals surface area (Å²) in [6.45, 7) is 1.10. The van der Waals surface area contributed by atoms with Crippen molar-refractivity contribution in [1.29, 1.82) is 0 Å². The van der Waals surface area contributed by atoms with E-state index in [0.717, 1.165) is 12.8 Å². The number of carbonyl (C=O) groups excluding carboxylic acids is 1. The average Bonchev–Trinajstić information content (AvgIpc) is 3.33. The molecule has 2 heterocycles. The van der Waals surface area contributed by atoms with Crippen molar-refractivity contribution in [3.8, 4) is 11.5 Å². The molecule has 1 aliphatic heterocycles. The van der Waals surface area contributed by atoms with Gasteiger partial charge in [0, 0.05) is 12.7 Å². The molecule has 2 aromatic carbocycles. The maximum absolute atomic E-state index is 13.2. The molecule has 174 valence electrons. The third-order valence-electron chi connectivity index (χ3n) is 5.32. The van der Waals surface area contributed by atoms with Crippen molar-refractivity contribution in [3.63, 3.8) is 0 Å². The number of anilines is 1. The summed E-state index contributed by atoms with van der Waals surface area (Å²) in [5, 5.41) is 4.17. The van der Waals surface area contributed by atoms with Gasteiger partial charge in [-0.15, -0.1) is 0 Å². The number of halogens is 1. The third kappa shape index (κ3) is 5.26. The fraction of sp³-hybridized carbons (Fsp3) is 0.348. The van der Waals surface area contributed by atoms with Crippen LogP contribution in [0, 0.1) is 0 Å². The average molecular weight is 490 g/mol. The van der Waals surface area contributed by atoms with E-state index in [1.54, 1.807) is 28.8 Å². The number of hydrogen-bond acceptors (Lipinski definition) is 7. The molecule has 8 nitrogen and oxygen atoms in total. The number of benzene rings is 2. The van der Waals surface area contributed by atoms with E-state index in [1.807, 2.05) is 12.1 Å². The fourth-order valence-corrected chi connectivity index (χ4v) is 4.73. The number of nitrogens with zero attached hydrogens (tertiary/aromatic N) is 2. The zero-order chi connectivity index (χ0) is 23.4. The second-order valence-electron chi connectivity index (χ2n) is 7.49. The molecule has 1 atom stereocenters. The van der Waals surface area contributed by atoms with Crippen molar-refractivity contribution in [1.82, 2.24) is 9.55 Å². The van der Waals surface area contributed by atoms with Gasteiger partial charge in [-0.25, -0.2) is 4.98 Å². The van der Waals surface area contributed by atoms with E-state index in [1.165, 1.54) is 26.0 Å². The minimum absolute atomic E-state index is 0.0375. The van der Waals surface area contributed by atoms with Crippen LogP contribution >= 0.6 is 23.4 Å². The highest BCUT2D eigenvalue weighted by Gasteiger charge is 2.21. The van der Waals surface area contributed by atoms with Gasteiger partial charge < -0.3 is 19.5 Å². The number of methoxy groups -OCH3 is 2. The maximum Gasteiger partial charge on any atom is 0.262 e. The quantitative estimate of drug-likeness (QED) is 0.378. The predicted octanol–water partition coefficient (Wildman–Crippen LogP) is 3.98. The second kappa shape index (κ2) is 10.5. The Labute approximate surface area is 200 Å². The minimum atomic E-state index is -0.286. The first kappa shape index (κ1) is 23.4. The number of hydrogen-bond donors (Lipinski definition) is 1. The smallest absolute Gasteiger partial charge is 0.262 e. The van der Waals surface area contributed by atoms with E-state index in [2.05, 4.69) is 10.3 Å². The largest absolute Gasteiger partial charge is 0.495 e. The molecule has 0 radical (unpaired) electrons. The van der Waals surface area contributed by atoms with E-state index in [-0.39, 0.29) is 23.3 Å². The lowest BCUT2D eigenvalue weighted by Gasteiger charge is -2.17. The molecule has 1 N–H and O–H groups in total. The van der Waals surface area contributed by atoms with Gasteiger partial charge in [-0.05, 0) is 31.0 Å². The number of aromatic nitrogens is 2. The zero-order valence-corrected chi connectivity index (χ0v) is 19.9. The van der Waals surface area contributed by atoms with Gasteiger partial charge in [0.05, 0.1) is 54.2 Å². The van der Waals surface area contributed by atoms with Crippen LogP contribution in [0.4, 0.5) is 5.69 Å². The Morgan fingerprint density at radius 2 is 2.06 bits per heavy atom. The Kier molecular flexibility index (Phi) is 7.42. The van der Waals surface area contributed by atoms with Crippen molar-refractivity contribution >= 4 is 45.9 Å². The van der Waals surface area contributed by atoms with Crippen LogP contribution in [0.3, 0.4) is 0 Å². The van der Waals surface area contributed by atoms with Crippen LogP contribution in [-0.4, -0.2) is 48.1 Å². The highest BCUT2D eigenvalue weighted by Crippen LogP contribution is 2.36. The van der Waals surface area contributed by atoms with E-state index < -0.39 is 0 Å². The van der Waals surface area contributed by atoms with Crippen molar-refractivity contribution in [2.24, 2.45) is 0 Å². The molecule has 1 saturated heterocycles. The first-order valence-corrected chi connectivity index (χ1v) is 11.8. The van der Waals surface area contributed by atoms with Gasteiger partial charge in [-0.2, -0.15) is 0 Å². The molecule has 1 unspecified atom stereocenters. The highest BCUT2D eigenvalue weighted by molar-refractivity contribution is 7.99. The Morgan fingerprint density at radius 1 is 1.27 bits per heavy atom. The number of fused-ring (bicyclic) bond motifs is 1. The molecule has 1 fully saturated rings. The standard InChI is InChI=1S/C23H24ClN3O5S/c1-30-19-11-20(31-2)18(10-16(19)24)25-21(28)13-33-23-26-17-8-4-3-7-15(17)22(29)27(23)12-14-6-5-9-32-14/h3-4,7-8,10-11,14H,5-6,9,12-13H2,1-2H3,(H,25,28). The first-order valence-electron chi connectivity index (χ1n) is 10.5. The SMILES string of the molecule is COc1cc(OC)c(NC(=O)CSc2nc3ccccc3c(=O)n2CC2CCCO2)cc1Cl. The lowest BCUT2D eigenvalue weighted by atomic mass is 10.2. The van der Waals surface area contributed by atoms with Crippen LogP contribution in [0.5, 0.6) is 11.5 Å². The molecular formula is C23H24ClN3O5S. The second-order valence-corrected chi connectivity index (χ2v) is 8.84. The first-order chi connectivity index (χ1) is 16.0. The molecule has 0 spiro atoms.